The van der Waals surface area contributed by atoms with Crippen molar-refractivity contribution in [2.45, 2.75) is 38.9 Å². The summed E-state index contributed by atoms with van der Waals surface area (Å²) in [7, 11) is 0. The Kier molecular flexibility index (Phi) is 6.63. The topological polar surface area (TPSA) is 88.0 Å². The molecular formula is C27H31N5O4. The van der Waals surface area contributed by atoms with Gasteiger partial charge in [0, 0.05) is 32.7 Å². The van der Waals surface area contributed by atoms with E-state index in [-0.39, 0.29) is 30.4 Å². The molecule has 1 fully saturated rings. The summed E-state index contributed by atoms with van der Waals surface area (Å²) in [5, 5.41) is 0. The van der Waals surface area contributed by atoms with Crippen LogP contribution in [0.1, 0.15) is 43.7 Å². The molecule has 9 heteroatoms. The number of rotatable bonds is 5. The van der Waals surface area contributed by atoms with Crippen LogP contribution in [0, 0.1) is 0 Å². The quantitative estimate of drug-likeness (QED) is 0.548. The molecule has 2 aliphatic heterocycles. The third-order valence-corrected chi connectivity index (χ3v) is 7.07. The molecule has 3 aromatic rings. The van der Waals surface area contributed by atoms with E-state index in [2.05, 4.69) is 0 Å². The van der Waals surface area contributed by atoms with Crippen molar-refractivity contribution in [2.75, 3.05) is 32.8 Å². The second-order valence-electron chi connectivity index (χ2n) is 9.24. The van der Waals surface area contributed by atoms with Crippen LogP contribution < -0.4 is 0 Å². The summed E-state index contributed by atoms with van der Waals surface area (Å²) in [6, 6.07) is 16.7. The molecule has 0 radical (unpaired) electrons. The van der Waals surface area contributed by atoms with Gasteiger partial charge in [0.25, 0.3) is 0 Å². The van der Waals surface area contributed by atoms with E-state index in [4.69, 9.17) is 9.72 Å². The monoisotopic (exact) mass is 489 g/mol. The van der Waals surface area contributed by atoms with Crippen LogP contribution in [0.5, 0.6) is 0 Å². The van der Waals surface area contributed by atoms with Crippen molar-refractivity contribution < 1.29 is 19.1 Å². The number of amides is 3. The zero-order chi connectivity index (χ0) is 25.2. The van der Waals surface area contributed by atoms with Gasteiger partial charge in [-0.15, -0.1) is 0 Å². The van der Waals surface area contributed by atoms with Crippen LogP contribution in [0.2, 0.25) is 0 Å². The van der Waals surface area contributed by atoms with Gasteiger partial charge in [0.05, 0.1) is 30.1 Å². The first-order chi connectivity index (χ1) is 17.5. The van der Waals surface area contributed by atoms with Gasteiger partial charge in [-0.25, -0.2) is 9.78 Å². The minimum atomic E-state index is -0.678. The van der Waals surface area contributed by atoms with Gasteiger partial charge in [-0.05, 0) is 31.5 Å². The third kappa shape index (κ3) is 4.41. The summed E-state index contributed by atoms with van der Waals surface area (Å²) in [6.07, 6.45) is -0.309. The summed E-state index contributed by atoms with van der Waals surface area (Å²) in [5.41, 5.74) is 2.70. The van der Waals surface area contributed by atoms with Crippen molar-refractivity contribution in [1.82, 2.24) is 24.3 Å². The fourth-order valence-electron chi connectivity index (χ4n) is 5.14. The average Bonchev–Trinajstić information content (AvgIpc) is 3.29. The van der Waals surface area contributed by atoms with Gasteiger partial charge in [-0.1, -0.05) is 42.5 Å². The Bertz CT molecular complexity index is 1270. The molecule has 188 valence electrons. The van der Waals surface area contributed by atoms with Crippen molar-refractivity contribution in [3.8, 4) is 0 Å². The number of piperazine rings is 1. The van der Waals surface area contributed by atoms with Crippen molar-refractivity contribution in [2.24, 2.45) is 0 Å². The minimum absolute atomic E-state index is 0.0452. The van der Waals surface area contributed by atoms with Crippen LogP contribution in [0.25, 0.3) is 11.0 Å². The van der Waals surface area contributed by atoms with Crippen LogP contribution in [0.3, 0.4) is 0 Å². The molecule has 2 aliphatic rings. The van der Waals surface area contributed by atoms with E-state index < -0.39 is 6.04 Å². The fraction of sp³-hybridized carbons (Fsp3) is 0.407. The van der Waals surface area contributed by atoms with Crippen LogP contribution in [-0.4, -0.2) is 74.9 Å². The van der Waals surface area contributed by atoms with E-state index in [1.165, 1.54) is 0 Å². The smallest absolute Gasteiger partial charge is 0.409 e. The standard InChI is InChI=1S/C27H31N5O4/c1-3-36-27(35)30-15-13-29(14-16-30)24(33)17-23-26(34)31(18-20-9-5-4-6-10-20)19(2)25-28-21-11-7-8-12-22(21)32(23)25/h4-12,19,23H,3,13-18H2,1-2H3/t19-,23-/m0/s1. The normalized spacial score (nSPS) is 19.9. The Morgan fingerprint density at radius 2 is 1.64 bits per heavy atom. The van der Waals surface area contributed by atoms with Crippen molar-refractivity contribution in [1.29, 1.82) is 0 Å². The maximum absolute atomic E-state index is 13.9. The number of hydrogen-bond acceptors (Lipinski definition) is 5. The minimum Gasteiger partial charge on any atom is -0.450 e. The molecule has 0 aliphatic carbocycles. The molecule has 2 atom stereocenters. The number of benzene rings is 2. The van der Waals surface area contributed by atoms with E-state index in [1.807, 2.05) is 71.0 Å². The lowest BCUT2D eigenvalue weighted by molar-refractivity contribution is -0.145. The molecular weight excluding hydrogens is 458 g/mol. The number of para-hydroxylation sites is 2. The molecule has 36 heavy (non-hydrogen) atoms. The van der Waals surface area contributed by atoms with Crippen LogP contribution in [-0.2, 0) is 20.9 Å². The Balaban J connectivity index is 1.41. The van der Waals surface area contributed by atoms with Crippen LogP contribution in [0.15, 0.2) is 54.6 Å². The Morgan fingerprint density at radius 1 is 0.972 bits per heavy atom. The summed E-state index contributed by atoms with van der Waals surface area (Å²) < 4.78 is 7.03. The van der Waals surface area contributed by atoms with Gasteiger partial charge in [0.2, 0.25) is 11.8 Å². The van der Waals surface area contributed by atoms with Gasteiger partial charge in [0.15, 0.2) is 0 Å². The van der Waals surface area contributed by atoms with E-state index in [0.717, 1.165) is 22.4 Å². The van der Waals surface area contributed by atoms with Gasteiger partial charge >= 0.3 is 6.09 Å². The molecule has 9 nitrogen and oxygen atoms in total. The predicted octanol–water partition coefficient (Wildman–Crippen LogP) is 3.37. The molecule has 2 aromatic carbocycles. The summed E-state index contributed by atoms with van der Waals surface area (Å²) in [4.78, 5) is 49.4. The summed E-state index contributed by atoms with van der Waals surface area (Å²) in [5.74, 6) is 0.604. The highest BCUT2D eigenvalue weighted by Gasteiger charge is 2.41. The largest absolute Gasteiger partial charge is 0.450 e. The molecule has 3 heterocycles. The SMILES string of the molecule is CCOC(=O)N1CCN(C(=O)C[C@H]2C(=O)N(Cc3ccccc3)[C@@H](C)c3nc4ccccc4n32)CC1. The lowest BCUT2D eigenvalue weighted by atomic mass is 10.0. The highest BCUT2D eigenvalue weighted by Crippen LogP contribution is 2.37. The fourth-order valence-corrected chi connectivity index (χ4v) is 5.14. The van der Waals surface area contributed by atoms with E-state index in [1.54, 1.807) is 16.7 Å². The number of imidazole rings is 1. The lowest BCUT2D eigenvalue weighted by Crippen LogP contribution is -2.52. The number of hydrogen-bond donors (Lipinski definition) is 0. The Morgan fingerprint density at radius 3 is 2.36 bits per heavy atom. The molecule has 1 aromatic heterocycles. The first-order valence-electron chi connectivity index (χ1n) is 12.5. The number of aromatic nitrogens is 2. The molecule has 0 spiro atoms. The lowest BCUT2D eigenvalue weighted by Gasteiger charge is -2.40. The maximum atomic E-state index is 13.9. The first-order valence-corrected chi connectivity index (χ1v) is 12.5. The van der Waals surface area contributed by atoms with E-state index in [9.17, 15) is 14.4 Å². The van der Waals surface area contributed by atoms with Crippen molar-refractivity contribution in [3.05, 3.63) is 66.0 Å². The molecule has 0 bridgehead atoms. The predicted molar refractivity (Wildman–Crippen MR) is 134 cm³/mol. The highest BCUT2D eigenvalue weighted by molar-refractivity contribution is 5.91. The van der Waals surface area contributed by atoms with Gasteiger partial charge in [-0.3, -0.25) is 9.59 Å². The van der Waals surface area contributed by atoms with Crippen LogP contribution >= 0.6 is 0 Å². The van der Waals surface area contributed by atoms with Crippen molar-refractivity contribution in [3.63, 3.8) is 0 Å². The van der Waals surface area contributed by atoms with E-state index in [0.29, 0.717) is 39.3 Å². The average molecular weight is 490 g/mol. The van der Waals surface area contributed by atoms with E-state index >= 15 is 0 Å². The highest BCUT2D eigenvalue weighted by atomic mass is 16.6. The van der Waals surface area contributed by atoms with Gasteiger partial charge < -0.3 is 24.0 Å². The molecule has 1 saturated heterocycles. The zero-order valence-electron chi connectivity index (χ0n) is 20.7. The summed E-state index contributed by atoms with van der Waals surface area (Å²) in [6.45, 7) is 6.20. The number of nitrogens with zero attached hydrogens (tertiary/aromatic N) is 5. The third-order valence-electron chi connectivity index (χ3n) is 7.07. The molecule has 0 N–H and O–H groups in total. The zero-order valence-corrected chi connectivity index (χ0v) is 20.7. The number of carbonyl (C=O) groups is 3. The molecule has 0 saturated carbocycles. The Labute approximate surface area is 210 Å². The van der Waals surface area contributed by atoms with Crippen LogP contribution in [0.4, 0.5) is 4.79 Å². The second-order valence-corrected chi connectivity index (χ2v) is 9.24. The van der Waals surface area contributed by atoms with Crippen molar-refractivity contribution >= 4 is 28.9 Å². The number of ether oxygens (including phenoxy) is 1. The van der Waals surface area contributed by atoms with Gasteiger partial charge in [-0.2, -0.15) is 0 Å². The second kappa shape index (κ2) is 10.0. The maximum Gasteiger partial charge on any atom is 0.409 e. The molecule has 3 amide bonds. The Hall–Kier alpha value is -3.88. The number of fused-ring (bicyclic) bond motifs is 3. The summed E-state index contributed by atoms with van der Waals surface area (Å²) >= 11 is 0. The number of carbonyl (C=O) groups excluding carboxylic acids is 3. The molecule has 0 unspecified atom stereocenters. The van der Waals surface area contributed by atoms with Gasteiger partial charge in [0.1, 0.15) is 11.9 Å². The first kappa shape index (κ1) is 23.8. The molecule has 5 rings (SSSR count).